The molecule has 0 unspecified atom stereocenters. The molecule has 0 saturated heterocycles. The van der Waals surface area contributed by atoms with Crippen molar-refractivity contribution in [3.8, 4) is 5.75 Å². The van der Waals surface area contributed by atoms with E-state index >= 15 is 0 Å². The fourth-order valence-corrected chi connectivity index (χ4v) is 0.968. The van der Waals surface area contributed by atoms with Crippen molar-refractivity contribution in [2.45, 2.75) is 20.3 Å². The van der Waals surface area contributed by atoms with Gasteiger partial charge in [0.05, 0.1) is 24.0 Å². The molecule has 1 aromatic rings. The van der Waals surface area contributed by atoms with Gasteiger partial charge in [-0.05, 0) is 12.3 Å². The molecule has 16 heavy (non-hydrogen) atoms. The molecule has 0 aliphatic rings. The molecular weight excluding hydrogens is 290 g/mol. The Morgan fingerprint density at radius 1 is 1.25 bits per heavy atom. The van der Waals surface area contributed by atoms with Gasteiger partial charge in [0.25, 0.3) is 0 Å². The van der Waals surface area contributed by atoms with Gasteiger partial charge in [-0.3, -0.25) is 8.78 Å². The Morgan fingerprint density at radius 3 is 2.19 bits per heavy atom. The molecule has 0 fully saturated rings. The van der Waals surface area contributed by atoms with Crippen molar-refractivity contribution in [3.63, 3.8) is 0 Å². The number of hydrogen-bond acceptors (Lipinski definition) is 1. The number of rotatable bonds is 4. The molecule has 0 saturated carbocycles. The van der Waals surface area contributed by atoms with Gasteiger partial charge in [-0.1, -0.05) is 13.8 Å². The molecule has 0 N–H and O–H groups in total. The van der Waals surface area contributed by atoms with Gasteiger partial charge in [0.2, 0.25) is 0 Å². The van der Waals surface area contributed by atoms with Gasteiger partial charge in [-0.25, -0.2) is 0 Å². The summed E-state index contributed by atoms with van der Waals surface area (Å²) in [4.78, 5) is 0. The summed E-state index contributed by atoms with van der Waals surface area (Å²) >= 11 is 0. The van der Waals surface area contributed by atoms with Crippen LogP contribution in [0.3, 0.4) is 0 Å². The summed E-state index contributed by atoms with van der Waals surface area (Å²) in [5, 5.41) is 0. The predicted molar refractivity (Wildman–Crippen MR) is 55.9 cm³/mol. The molecule has 0 amide bonds. The maximum Gasteiger partial charge on any atom is 2.00 e. The molecular formula is C11H13BrF2MgO. The predicted octanol–water partition coefficient (Wildman–Crippen LogP) is -0.187. The molecule has 0 heterocycles. The van der Waals surface area contributed by atoms with Gasteiger partial charge in [-0.15, -0.1) is 12.1 Å². The van der Waals surface area contributed by atoms with Crippen LogP contribution in [-0.4, -0.2) is 29.7 Å². The number of hydrogen-bond donors (Lipinski definition) is 0. The van der Waals surface area contributed by atoms with Crippen LogP contribution in [0, 0.1) is 23.6 Å². The Balaban J connectivity index is 0. The first-order chi connectivity index (χ1) is 6.61. The van der Waals surface area contributed by atoms with E-state index in [9.17, 15) is 8.78 Å². The fraction of sp³-hybridized carbons (Fsp3) is 0.455. The van der Waals surface area contributed by atoms with Crippen LogP contribution >= 0.6 is 0 Å². The van der Waals surface area contributed by atoms with Crippen LogP contribution in [0.1, 0.15) is 20.3 Å². The minimum absolute atomic E-state index is 0. The van der Waals surface area contributed by atoms with E-state index in [4.69, 9.17) is 4.74 Å². The quantitative estimate of drug-likeness (QED) is 0.554. The zero-order valence-electron chi connectivity index (χ0n) is 9.40. The van der Waals surface area contributed by atoms with Gasteiger partial charge in [0, 0.05) is 0 Å². The summed E-state index contributed by atoms with van der Waals surface area (Å²) in [6.07, 6.45) is 0.775. The van der Waals surface area contributed by atoms with Crippen molar-refractivity contribution in [2.75, 3.05) is 6.61 Å². The second-order valence-electron chi connectivity index (χ2n) is 3.51. The van der Waals surface area contributed by atoms with E-state index in [1.54, 1.807) is 0 Å². The van der Waals surface area contributed by atoms with Crippen molar-refractivity contribution in [1.29, 1.82) is 0 Å². The van der Waals surface area contributed by atoms with Gasteiger partial charge in [0.1, 0.15) is 0 Å². The second kappa shape index (κ2) is 9.19. The topological polar surface area (TPSA) is 9.23 Å². The molecule has 0 radical (unpaired) electrons. The Kier molecular flexibility index (Phi) is 10.6. The van der Waals surface area contributed by atoms with E-state index in [1.165, 1.54) is 0 Å². The van der Waals surface area contributed by atoms with Crippen molar-refractivity contribution in [2.24, 2.45) is 5.92 Å². The molecule has 5 heteroatoms. The molecule has 1 aromatic carbocycles. The van der Waals surface area contributed by atoms with Crippen molar-refractivity contribution in [1.82, 2.24) is 0 Å². The normalized spacial score (nSPS) is 9.31. The van der Waals surface area contributed by atoms with Crippen molar-refractivity contribution in [3.05, 3.63) is 29.8 Å². The van der Waals surface area contributed by atoms with Gasteiger partial charge < -0.3 is 21.7 Å². The standard InChI is InChI=1S/C11H13F2O.BrH.Mg/c1-8(2)6-7-14-11-9(12)4-3-5-10(11)13;;/h4-5,8H,6-7H2,1-2H3;1H;/q-1;;+2/p-1. The third-order valence-corrected chi connectivity index (χ3v) is 1.80. The van der Waals surface area contributed by atoms with E-state index in [1.807, 2.05) is 13.8 Å². The SMILES string of the molecule is CC(C)CCOc1c(F)c[c-]cc1F.[Br-].[Mg+2]. The third-order valence-electron chi connectivity index (χ3n) is 1.80. The average Bonchev–Trinajstić information content (AvgIpc) is 2.09. The van der Waals surface area contributed by atoms with E-state index in [2.05, 4.69) is 6.07 Å². The molecule has 0 bridgehead atoms. The molecule has 0 aromatic heterocycles. The Bertz CT molecular complexity index is 288. The molecule has 0 atom stereocenters. The van der Waals surface area contributed by atoms with Crippen LogP contribution in [0.2, 0.25) is 0 Å². The van der Waals surface area contributed by atoms with Gasteiger partial charge in [-0.2, -0.15) is 6.07 Å². The first kappa shape index (κ1) is 18.5. The maximum atomic E-state index is 13.0. The van der Waals surface area contributed by atoms with E-state index in [0.717, 1.165) is 18.6 Å². The van der Waals surface area contributed by atoms with Crippen LogP contribution in [-0.2, 0) is 0 Å². The molecule has 1 rings (SSSR count). The third kappa shape index (κ3) is 6.01. The van der Waals surface area contributed by atoms with Gasteiger partial charge >= 0.3 is 23.1 Å². The summed E-state index contributed by atoms with van der Waals surface area (Å²) in [5.74, 6) is -1.25. The van der Waals surface area contributed by atoms with Crippen LogP contribution in [0.25, 0.3) is 0 Å². The fourth-order valence-electron chi connectivity index (χ4n) is 0.968. The Labute approximate surface area is 121 Å². The first-order valence-corrected chi connectivity index (χ1v) is 4.59. The largest absolute Gasteiger partial charge is 2.00 e. The molecule has 86 valence electrons. The van der Waals surface area contributed by atoms with Crippen LogP contribution in [0.15, 0.2) is 12.1 Å². The second-order valence-corrected chi connectivity index (χ2v) is 3.51. The van der Waals surface area contributed by atoms with Crippen molar-refractivity contribution < 1.29 is 30.5 Å². The average molecular weight is 303 g/mol. The molecule has 0 aliphatic carbocycles. The molecule has 0 aliphatic heterocycles. The zero-order valence-corrected chi connectivity index (χ0v) is 12.4. The summed E-state index contributed by atoms with van der Waals surface area (Å²) in [5.41, 5.74) is 0. The number of benzene rings is 1. The van der Waals surface area contributed by atoms with E-state index in [-0.39, 0.29) is 45.8 Å². The summed E-state index contributed by atoms with van der Waals surface area (Å²) in [7, 11) is 0. The van der Waals surface area contributed by atoms with E-state index in [0.29, 0.717) is 12.5 Å². The number of ether oxygens (including phenoxy) is 1. The van der Waals surface area contributed by atoms with Crippen molar-refractivity contribution >= 4 is 23.1 Å². The van der Waals surface area contributed by atoms with Crippen LogP contribution in [0.4, 0.5) is 8.78 Å². The van der Waals surface area contributed by atoms with Crippen LogP contribution < -0.4 is 21.7 Å². The van der Waals surface area contributed by atoms with E-state index < -0.39 is 11.6 Å². The maximum absolute atomic E-state index is 13.0. The van der Waals surface area contributed by atoms with Crippen LogP contribution in [0.5, 0.6) is 5.75 Å². The Hall–Kier alpha value is 0.126. The minimum atomic E-state index is -0.700. The summed E-state index contributed by atoms with van der Waals surface area (Å²) in [6.45, 7) is 4.37. The smallest absolute Gasteiger partial charge is 1.00 e. The number of halogens is 3. The summed E-state index contributed by atoms with van der Waals surface area (Å²) < 4.78 is 31.0. The minimum Gasteiger partial charge on any atom is -1.00 e. The monoisotopic (exact) mass is 302 g/mol. The molecule has 0 spiro atoms. The molecule has 1 nitrogen and oxygen atoms in total. The zero-order chi connectivity index (χ0) is 10.6. The first-order valence-electron chi connectivity index (χ1n) is 4.59. The summed E-state index contributed by atoms with van der Waals surface area (Å²) in [6, 6.07) is 4.47. The van der Waals surface area contributed by atoms with Gasteiger partial charge in [0.15, 0.2) is 0 Å². The Morgan fingerprint density at radius 2 is 1.75 bits per heavy atom.